The van der Waals surface area contributed by atoms with Crippen LogP contribution in [0.1, 0.15) is 0 Å². The number of rotatable bonds is 0. The van der Waals surface area contributed by atoms with Gasteiger partial charge in [0.1, 0.15) is 0 Å². The van der Waals surface area contributed by atoms with Crippen LogP contribution in [0.4, 0.5) is 0 Å². The average molecular weight is 211 g/mol. The first-order valence-corrected chi connectivity index (χ1v) is 5.49. The topological polar surface area (TPSA) is 17.8 Å². The quantitative estimate of drug-likeness (QED) is 0.666. The van der Waals surface area contributed by atoms with Crippen LogP contribution in [0.15, 0.2) is 23.4 Å². The number of aromatic nitrogens is 2. The van der Waals surface area contributed by atoms with Gasteiger partial charge in [0.2, 0.25) is 0 Å². The maximum Gasteiger partial charge on any atom is 0.169 e. The maximum atomic E-state index is 5.89. The van der Waals surface area contributed by atoms with E-state index in [1.165, 1.54) is 5.52 Å². The van der Waals surface area contributed by atoms with Crippen molar-refractivity contribution in [3.05, 3.63) is 23.2 Å². The van der Waals surface area contributed by atoms with Crippen LogP contribution in [-0.2, 0) is 6.54 Å². The molecule has 3 rings (SSSR count). The lowest BCUT2D eigenvalue weighted by atomic mass is 10.3. The van der Waals surface area contributed by atoms with Gasteiger partial charge in [-0.2, -0.15) is 0 Å². The van der Waals surface area contributed by atoms with Crippen LogP contribution >= 0.6 is 23.4 Å². The van der Waals surface area contributed by atoms with Crippen LogP contribution in [0.25, 0.3) is 11.0 Å². The van der Waals surface area contributed by atoms with E-state index >= 15 is 0 Å². The monoisotopic (exact) mass is 210 g/mol. The third-order valence-electron chi connectivity index (χ3n) is 2.22. The maximum absolute atomic E-state index is 5.89. The molecule has 0 bridgehead atoms. The van der Waals surface area contributed by atoms with E-state index in [9.17, 15) is 0 Å². The summed E-state index contributed by atoms with van der Waals surface area (Å²) >= 11 is 7.69. The van der Waals surface area contributed by atoms with Gasteiger partial charge in [0.15, 0.2) is 5.16 Å². The summed E-state index contributed by atoms with van der Waals surface area (Å²) < 4.78 is 2.25. The molecule has 0 fully saturated rings. The molecule has 66 valence electrons. The van der Waals surface area contributed by atoms with Gasteiger partial charge in [-0.15, -0.1) is 0 Å². The van der Waals surface area contributed by atoms with E-state index in [-0.39, 0.29) is 0 Å². The van der Waals surface area contributed by atoms with E-state index in [1.54, 1.807) is 0 Å². The minimum Gasteiger partial charge on any atom is -0.318 e. The molecule has 0 aliphatic carbocycles. The predicted octanol–water partition coefficient (Wildman–Crippen LogP) is 2.80. The minimum atomic E-state index is 0.759. The zero-order chi connectivity index (χ0) is 8.84. The Morgan fingerprint density at radius 3 is 3.31 bits per heavy atom. The van der Waals surface area contributed by atoms with E-state index in [1.807, 2.05) is 30.0 Å². The molecule has 0 unspecified atom stereocenters. The number of fused-ring (bicyclic) bond motifs is 3. The van der Waals surface area contributed by atoms with Crippen molar-refractivity contribution in [2.45, 2.75) is 11.7 Å². The summed E-state index contributed by atoms with van der Waals surface area (Å²) in [5.41, 5.74) is 2.21. The van der Waals surface area contributed by atoms with Gasteiger partial charge in [0, 0.05) is 17.3 Å². The molecule has 0 N–H and O–H groups in total. The standard InChI is InChI=1S/C9H7ClN2S/c10-6-1-2-8-7(5-6)11-9-12(8)3-4-13-9/h1-2,5H,3-4H2. The van der Waals surface area contributed by atoms with Crippen molar-refractivity contribution in [1.29, 1.82) is 0 Å². The van der Waals surface area contributed by atoms with E-state index in [0.29, 0.717) is 0 Å². The zero-order valence-electron chi connectivity index (χ0n) is 6.83. The molecule has 1 aromatic carbocycles. The number of halogens is 1. The molecule has 2 nitrogen and oxygen atoms in total. The summed E-state index contributed by atoms with van der Waals surface area (Å²) in [6.07, 6.45) is 0. The molecule has 0 saturated carbocycles. The molecular formula is C9H7ClN2S. The van der Waals surface area contributed by atoms with Crippen LogP contribution in [0.2, 0.25) is 5.02 Å². The Balaban J connectivity index is 2.38. The highest BCUT2D eigenvalue weighted by atomic mass is 35.5. The fourth-order valence-electron chi connectivity index (χ4n) is 1.64. The summed E-state index contributed by atoms with van der Waals surface area (Å²) in [4.78, 5) is 4.50. The SMILES string of the molecule is Clc1ccc2c(c1)nc1n2CCS1. The number of aryl methyl sites for hydroxylation is 1. The van der Waals surface area contributed by atoms with Gasteiger partial charge in [-0.1, -0.05) is 23.4 Å². The smallest absolute Gasteiger partial charge is 0.169 e. The van der Waals surface area contributed by atoms with Crippen molar-refractivity contribution >= 4 is 34.4 Å². The molecule has 2 heterocycles. The van der Waals surface area contributed by atoms with Crippen molar-refractivity contribution in [2.24, 2.45) is 0 Å². The van der Waals surface area contributed by atoms with E-state index in [0.717, 1.165) is 28.0 Å². The molecule has 0 atom stereocenters. The number of hydrogen-bond donors (Lipinski definition) is 0. The molecule has 2 aromatic rings. The molecule has 1 aromatic heterocycles. The summed E-state index contributed by atoms with van der Waals surface area (Å²) in [6, 6.07) is 5.88. The second kappa shape index (κ2) is 2.66. The molecule has 0 spiro atoms. The first-order valence-electron chi connectivity index (χ1n) is 4.13. The molecule has 1 aliphatic heterocycles. The second-order valence-corrected chi connectivity index (χ2v) is 4.53. The number of nitrogens with zero attached hydrogens (tertiary/aromatic N) is 2. The fraction of sp³-hybridized carbons (Fsp3) is 0.222. The highest BCUT2D eigenvalue weighted by molar-refractivity contribution is 7.99. The second-order valence-electron chi connectivity index (χ2n) is 3.03. The van der Waals surface area contributed by atoms with Crippen LogP contribution in [0.5, 0.6) is 0 Å². The molecular weight excluding hydrogens is 204 g/mol. The van der Waals surface area contributed by atoms with Crippen molar-refractivity contribution < 1.29 is 0 Å². The third kappa shape index (κ3) is 1.07. The molecule has 4 heteroatoms. The highest BCUT2D eigenvalue weighted by Gasteiger charge is 2.16. The average Bonchev–Trinajstić information content (AvgIpc) is 2.62. The molecule has 1 aliphatic rings. The molecule has 0 saturated heterocycles. The van der Waals surface area contributed by atoms with Gasteiger partial charge >= 0.3 is 0 Å². The summed E-state index contributed by atoms with van der Waals surface area (Å²) in [7, 11) is 0. The molecule has 0 amide bonds. The molecule has 13 heavy (non-hydrogen) atoms. The van der Waals surface area contributed by atoms with Crippen molar-refractivity contribution in [3.63, 3.8) is 0 Å². The Labute approximate surface area is 84.9 Å². The van der Waals surface area contributed by atoms with Gasteiger partial charge < -0.3 is 4.57 Å². The Morgan fingerprint density at radius 2 is 2.38 bits per heavy atom. The first-order chi connectivity index (χ1) is 6.34. The van der Waals surface area contributed by atoms with Crippen LogP contribution in [0.3, 0.4) is 0 Å². The number of imidazole rings is 1. The van der Waals surface area contributed by atoms with Gasteiger partial charge in [0.25, 0.3) is 0 Å². The van der Waals surface area contributed by atoms with E-state index < -0.39 is 0 Å². The van der Waals surface area contributed by atoms with E-state index in [2.05, 4.69) is 9.55 Å². The summed E-state index contributed by atoms with van der Waals surface area (Å²) in [5.74, 6) is 1.14. The Hall–Kier alpha value is -0.670. The van der Waals surface area contributed by atoms with Crippen LogP contribution in [0, 0.1) is 0 Å². The van der Waals surface area contributed by atoms with Gasteiger partial charge in [-0.05, 0) is 18.2 Å². The van der Waals surface area contributed by atoms with Gasteiger partial charge in [0.05, 0.1) is 11.0 Å². The number of thioether (sulfide) groups is 1. The Bertz CT molecular complexity index is 478. The normalized spacial score (nSPS) is 15.2. The molecule has 0 radical (unpaired) electrons. The van der Waals surface area contributed by atoms with Crippen molar-refractivity contribution in [2.75, 3.05) is 5.75 Å². The summed E-state index contributed by atoms with van der Waals surface area (Å²) in [5, 5.41) is 1.88. The summed E-state index contributed by atoms with van der Waals surface area (Å²) in [6.45, 7) is 1.07. The largest absolute Gasteiger partial charge is 0.318 e. The van der Waals surface area contributed by atoms with Crippen molar-refractivity contribution in [1.82, 2.24) is 9.55 Å². The van der Waals surface area contributed by atoms with Crippen LogP contribution in [-0.4, -0.2) is 15.3 Å². The Kier molecular flexibility index (Phi) is 1.58. The number of benzene rings is 1. The Morgan fingerprint density at radius 1 is 1.46 bits per heavy atom. The van der Waals surface area contributed by atoms with E-state index in [4.69, 9.17) is 11.6 Å². The van der Waals surface area contributed by atoms with Gasteiger partial charge in [-0.25, -0.2) is 4.98 Å². The third-order valence-corrected chi connectivity index (χ3v) is 3.41. The van der Waals surface area contributed by atoms with Gasteiger partial charge in [-0.3, -0.25) is 0 Å². The number of hydrogen-bond acceptors (Lipinski definition) is 2. The van der Waals surface area contributed by atoms with Crippen LogP contribution < -0.4 is 0 Å². The lowest BCUT2D eigenvalue weighted by Crippen LogP contribution is -1.91. The first kappa shape index (κ1) is 7.71. The van der Waals surface area contributed by atoms with Crippen molar-refractivity contribution in [3.8, 4) is 0 Å². The zero-order valence-corrected chi connectivity index (χ0v) is 8.40. The predicted molar refractivity (Wildman–Crippen MR) is 55.5 cm³/mol. The highest BCUT2D eigenvalue weighted by Crippen LogP contribution is 2.30. The lowest BCUT2D eigenvalue weighted by molar-refractivity contribution is 0.743. The minimum absolute atomic E-state index is 0.759. The fourth-order valence-corrected chi connectivity index (χ4v) is 2.77. The lowest BCUT2D eigenvalue weighted by Gasteiger charge is -1.96.